The minimum atomic E-state index is -1.28. The molecule has 146 valence electrons. The lowest BCUT2D eigenvalue weighted by molar-refractivity contribution is 0.402. The van der Waals surface area contributed by atoms with Gasteiger partial charge in [-0.05, 0) is 64.6 Å². The Morgan fingerprint density at radius 2 is 1.42 bits per heavy atom. The first kappa shape index (κ1) is 25.7. The molecule has 0 aliphatic rings. The predicted molar refractivity (Wildman–Crippen MR) is 141 cm³/mol. The van der Waals surface area contributed by atoms with Crippen LogP contribution in [0.15, 0.2) is 0 Å². The Morgan fingerprint density at radius 3 is 1.88 bits per heavy atom. The van der Waals surface area contributed by atoms with Crippen LogP contribution >= 0.6 is 0 Å². The van der Waals surface area contributed by atoms with Gasteiger partial charge in [0.15, 0.2) is 7.83 Å². The van der Waals surface area contributed by atoms with Crippen LogP contribution < -0.4 is 0 Å². The summed E-state index contributed by atoms with van der Waals surface area (Å²) in [5.41, 5.74) is 0. The Hall–Kier alpha value is 1.70. The second-order valence-electron chi connectivity index (χ2n) is 7.87. The second kappa shape index (κ2) is 18.1. The molecule has 1 unspecified atom stereocenters. The number of hydrogen-bond donors (Lipinski definition) is 0. The van der Waals surface area contributed by atoms with Gasteiger partial charge in [0.2, 0.25) is 0 Å². The summed E-state index contributed by atoms with van der Waals surface area (Å²) in [6.45, 7) is 7.16. The van der Waals surface area contributed by atoms with Gasteiger partial charge in [0.1, 0.15) is 0 Å². The Kier molecular flexibility index (Phi) is 19.4. The highest BCUT2D eigenvalue weighted by atomic mass is 30.0. The second-order valence-corrected chi connectivity index (χ2v) is 72.5. The molecular weight excluding hydrogens is 421 g/mol. The molecule has 0 aliphatic carbocycles. The maximum Gasteiger partial charge on any atom is 0.172 e. The number of hydrogen-bond acceptors (Lipinski definition) is 1. The van der Waals surface area contributed by atoms with E-state index in [0.717, 1.165) is 0 Å². The molecule has 0 bridgehead atoms. The van der Waals surface area contributed by atoms with E-state index in [1.807, 2.05) is 0 Å². The fourth-order valence-corrected chi connectivity index (χ4v) is 221. The average molecular weight is 469 g/mol. The molecule has 0 aliphatic heterocycles. The van der Waals surface area contributed by atoms with Crippen LogP contribution in [0.5, 0.6) is 0 Å². The molecule has 24 heavy (non-hydrogen) atoms. The lowest BCUT2D eigenvalue weighted by atomic mass is 10.3. The van der Waals surface area contributed by atoms with E-state index in [4.69, 9.17) is 4.43 Å². The van der Waals surface area contributed by atoms with Crippen LogP contribution in [0.2, 0.25) is 18.1 Å². The zero-order valence-electron chi connectivity index (χ0n) is 17.8. The summed E-state index contributed by atoms with van der Waals surface area (Å²) < 4.78 is 6.65. The molecule has 0 saturated heterocycles. The van der Waals surface area contributed by atoms with Crippen LogP contribution in [0.3, 0.4) is 0 Å². The van der Waals surface area contributed by atoms with E-state index in [0.29, 0.717) is 42.8 Å². The molecule has 1 atom stereocenters. The van der Waals surface area contributed by atoms with E-state index in [9.17, 15) is 0 Å². The molecule has 1 nitrogen and oxygen atoms in total. The van der Waals surface area contributed by atoms with Gasteiger partial charge < -0.3 is 4.43 Å². The van der Waals surface area contributed by atoms with Gasteiger partial charge in [-0.25, -0.2) is 0 Å². The molecule has 0 spiro atoms. The third-order valence-electron chi connectivity index (χ3n) is 5.87. The summed E-state index contributed by atoms with van der Waals surface area (Å²) in [5, 5.41) is 0. The first-order chi connectivity index (χ1) is 11.7. The monoisotopic (exact) mass is 468 g/mol. The van der Waals surface area contributed by atoms with Crippen molar-refractivity contribution in [3.8, 4) is 0 Å². The van der Waals surface area contributed by atoms with E-state index < -0.39 is 15.7 Å². The van der Waals surface area contributed by atoms with Crippen molar-refractivity contribution in [2.45, 2.75) is 90.3 Å². The summed E-state index contributed by atoms with van der Waals surface area (Å²) in [7, 11) is 5.22. The molecule has 0 aromatic heterocycles. The van der Waals surface area contributed by atoms with Gasteiger partial charge in [-0.1, -0.05) is 78.2 Å². The Morgan fingerprint density at radius 1 is 0.833 bits per heavy atom. The van der Waals surface area contributed by atoms with Gasteiger partial charge in [0.05, 0.1) is 0 Å². The van der Waals surface area contributed by atoms with Crippen molar-refractivity contribution >= 4 is 68.2 Å². The zero-order valence-corrected chi connectivity index (χ0v) is 29.0. The Labute approximate surface area is 169 Å². The molecular formula is C15H48OSi8. The molecule has 0 radical (unpaired) electrons. The van der Waals surface area contributed by atoms with E-state index in [-0.39, 0.29) is 0 Å². The summed E-state index contributed by atoms with van der Waals surface area (Å²) in [5.74, 6) is 0. The summed E-state index contributed by atoms with van der Waals surface area (Å²) >= 11 is 0. The lowest BCUT2D eigenvalue weighted by Crippen LogP contribution is -2.58. The smallest absolute Gasteiger partial charge is 0.172 e. The van der Waals surface area contributed by atoms with Gasteiger partial charge in [-0.15, -0.1) is 0 Å². The maximum absolute atomic E-state index is 6.65. The number of unbranched alkanes of at least 4 members (excludes halogenated alkanes) is 5. The molecule has 0 fully saturated rings. The highest BCUT2D eigenvalue weighted by Crippen LogP contribution is 2.28. The van der Waals surface area contributed by atoms with Crippen LogP contribution in [0.4, 0.5) is 0 Å². The molecule has 0 rings (SSSR count). The summed E-state index contributed by atoms with van der Waals surface area (Å²) in [6, 6.07) is 4.89. The molecule has 0 aromatic rings. The molecule has 0 N–H and O–H groups in total. The molecule has 9 heteroatoms. The SMILES string of the molecule is CCCCC[Si](CCCCC)(OC)[SiH](CCCC)[SiH2][SiH2][SiH2][SiH2][SiH2][SiH3]. The van der Waals surface area contributed by atoms with Crippen molar-refractivity contribution in [1.82, 2.24) is 0 Å². The Bertz CT molecular complexity index is 260. The highest BCUT2D eigenvalue weighted by Gasteiger charge is 2.41. The standard InChI is InChI=1S/C15H48OSi8/c1-5-8-11-14-24(16-4,15-12-9-6-2)23(13-10-7-3)22-21-20-19-18-17/h23H,5-15,18-22H2,1-4,17H3. The van der Waals surface area contributed by atoms with Crippen molar-refractivity contribution in [3.63, 3.8) is 0 Å². The van der Waals surface area contributed by atoms with Crippen LogP contribution in [0, 0.1) is 0 Å². The molecule has 0 heterocycles. The van der Waals surface area contributed by atoms with Crippen LogP contribution in [0.25, 0.3) is 0 Å². The fraction of sp³-hybridized carbons (Fsp3) is 1.00. The first-order valence-electron chi connectivity index (χ1n) is 11.3. The normalized spacial score (nSPS) is 16.0. The van der Waals surface area contributed by atoms with E-state index in [2.05, 4.69) is 27.9 Å². The fourth-order valence-electron chi connectivity index (χ4n) is 4.19. The van der Waals surface area contributed by atoms with Crippen molar-refractivity contribution in [2.24, 2.45) is 0 Å². The highest BCUT2D eigenvalue weighted by molar-refractivity contribution is 7.70. The van der Waals surface area contributed by atoms with Crippen molar-refractivity contribution < 1.29 is 4.43 Å². The van der Waals surface area contributed by atoms with E-state index >= 15 is 0 Å². The topological polar surface area (TPSA) is 9.23 Å². The average Bonchev–Trinajstić information content (AvgIpc) is 2.60. The van der Waals surface area contributed by atoms with E-state index in [1.54, 1.807) is 34.3 Å². The predicted octanol–water partition coefficient (Wildman–Crippen LogP) is -0.655. The number of rotatable bonds is 18. The summed E-state index contributed by atoms with van der Waals surface area (Å²) in [6.07, 6.45) is 11.7. The molecule has 0 amide bonds. The van der Waals surface area contributed by atoms with Crippen LogP contribution in [-0.2, 0) is 4.43 Å². The van der Waals surface area contributed by atoms with Crippen LogP contribution in [0.1, 0.15) is 72.1 Å². The molecule has 0 saturated carbocycles. The van der Waals surface area contributed by atoms with Gasteiger partial charge >= 0.3 is 0 Å². The zero-order chi connectivity index (χ0) is 18.1. The van der Waals surface area contributed by atoms with Gasteiger partial charge in [0.25, 0.3) is 0 Å². The largest absolute Gasteiger partial charge is 0.423 e. The van der Waals surface area contributed by atoms with Crippen LogP contribution in [-0.4, -0.2) is 75.3 Å². The molecule has 0 aromatic carbocycles. The maximum atomic E-state index is 6.65. The van der Waals surface area contributed by atoms with Crippen molar-refractivity contribution in [1.29, 1.82) is 0 Å². The van der Waals surface area contributed by atoms with Crippen molar-refractivity contribution in [3.05, 3.63) is 0 Å². The minimum absolute atomic E-state index is 0.429. The lowest BCUT2D eigenvalue weighted by Gasteiger charge is -2.37. The first-order valence-corrected chi connectivity index (χ1v) is 41.1. The third-order valence-corrected chi connectivity index (χ3v) is 129. The minimum Gasteiger partial charge on any atom is -0.423 e. The summed E-state index contributed by atoms with van der Waals surface area (Å²) in [4.78, 5) is 0. The van der Waals surface area contributed by atoms with Gasteiger partial charge in [0, 0.05) is 14.9 Å². The van der Waals surface area contributed by atoms with Crippen molar-refractivity contribution in [2.75, 3.05) is 7.11 Å². The third kappa shape index (κ3) is 11.4. The van der Waals surface area contributed by atoms with Gasteiger partial charge in [-0.2, -0.15) is 0 Å². The quantitative estimate of drug-likeness (QED) is 0.192. The van der Waals surface area contributed by atoms with Gasteiger partial charge in [-0.3, -0.25) is 0 Å². The Balaban J connectivity index is 4.93. The van der Waals surface area contributed by atoms with E-state index in [1.165, 1.54) is 44.9 Å².